The first-order chi connectivity index (χ1) is 8.81. The largest absolute Gasteiger partial charge is 0.367 e. The summed E-state index contributed by atoms with van der Waals surface area (Å²) in [4.78, 5) is 12.9. The van der Waals surface area contributed by atoms with Gasteiger partial charge in [-0.1, -0.05) is 6.07 Å². The van der Waals surface area contributed by atoms with Gasteiger partial charge in [0.1, 0.15) is 11.6 Å². The lowest BCUT2D eigenvalue weighted by molar-refractivity contribution is 1.06. The molecular formula is C13H15N5. The Morgan fingerprint density at radius 2 is 2.11 bits per heavy atom. The maximum atomic E-state index is 4.47. The van der Waals surface area contributed by atoms with Crippen molar-refractivity contribution in [2.24, 2.45) is 0 Å². The number of nitrogens with one attached hydrogen (secondary N) is 2. The quantitative estimate of drug-likeness (QED) is 0.861. The van der Waals surface area contributed by atoms with Gasteiger partial charge in [0.15, 0.2) is 0 Å². The maximum Gasteiger partial charge on any atom is 0.230 e. The van der Waals surface area contributed by atoms with E-state index in [9.17, 15) is 0 Å². The summed E-state index contributed by atoms with van der Waals surface area (Å²) in [6, 6.07) is 6.27. The van der Waals surface area contributed by atoms with Gasteiger partial charge in [-0.3, -0.25) is 0 Å². The highest BCUT2D eigenvalue weighted by Gasteiger charge is 2.22. The first-order valence-corrected chi connectivity index (χ1v) is 6.09. The molecule has 0 radical (unpaired) electrons. The van der Waals surface area contributed by atoms with E-state index in [-0.39, 0.29) is 0 Å². The number of anilines is 3. The van der Waals surface area contributed by atoms with Crippen molar-refractivity contribution in [3.8, 4) is 0 Å². The van der Waals surface area contributed by atoms with Gasteiger partial charge in [0.05, 0.1) is 0 Å². The van der Waals surface area contributed by atoms with E-state index in [1.807, 2.05) is 31.3 Å². The third-order valence-electron chi connectivity index (χ3n) is 2.79. The molecule has 1 aliphatic rings. The van der Waals surface area contributed by atoms with Crippen LogP contribution in [0.4, 0.5) is 17.6 Å². The third-order valence-corrected chi connectivity index (χ3v) is 2.79. The molecule has 0 aliphatic heterocycles. The van der Waals surface area contributed by atoms with Crippen LogP contribution in [-0.4, -0.2) is 21.0 Å². The molecule has 1 saturated carbocycles. The van der Waals surface area contributed by atoms with Gasteiger partial charge in [0.2, 0.25) is 5.95 Å². The fraction of sp³-hybridized carbons (Fsp3) is 0.308. The van der Waals surface area contributed by atoms with Crippen LogP contribution >= 0.6 is 0 Å². The second-order valence-electron chi connectivity index (χ2n) is 4.48. The summed E-state index contributed by atoms with van der Waals surface area (Å²) in [5.74, 6) is 2.23. The summed E-state index contributed by atoms with van der Waals surface area (Å²) in [7, 11) is 0. The third kappa shape index (κ3) is 2.56. The van der Waals surface area contributed by atoms with Crippen molar-refractivity contribution in [1.29, 1.82) is 0 Å². The highest BCUT2D eigenvalue weighted by molar-refractivity contribution is 5.53. The number of hydrogen-bond donors (Lipinski definition) is 2. The Labute approximate surface area is 106 Å². The Bertz CT molecular complexity index is 536. The van der Waals surface area contributed by atoms with Gasteiger partial charge in [-0.15, -0.1) is 0 Å². The van der Waals surface area contributed by atoms with Crippen molar-refractivity contribution in [3.63, 3.8) is 0 Å². The SMILES string of the molecule is Cc1cnc(Nc2ccccn2)nc1NC1CC1. The summed E-state index contributed by atoms with van der Waals surface area (Å²) in [6.07, 6.45) is 6.02. The van der Waals surface area contributed by atoms with E-state index in [2.05, 4.69) is 25.6 Å². The Kier molecular flexibility index (Phi) is 2.80. The molecule has 0 amide bonds. The minimum absolute atomic E-state index is 0.572. The van der Waals surface area contributed by atoms with Crippen molar-refractivity contribution in [3.05, 3.63) is 36.2 Å². The zero-order valence-electron chi connectivity index (χ0n) is 10.2. The van der Waals surface area contributed by atoms with Crippen LogP contribution in [0.25, 0.3) is 0 Å². The number of hydrogen-bond acceptors (Lipinski definition) is 5. The number of aryl methyl sites for hydroxylation is 1. The van der Waals surface area contributed by atoms with E-state index in [1.54, 1.807) is 6.20 Å². The van der Waals surface area contributed by atoms with Crippen LogP contribution < -0.4 is 10.6 Å². The Hall–Kier alpha value is -2.17. The smallest absolute Gasteiger partial charge is 0.230 e. The fourth-order valence-electron chi connectivity index (χ4n) is 1.62. The van der Waals surface area contributed by atoms with Crippen LogP contribution in [0, 0.1) is 6.92 Å². The molecule has 2 aromatic heterocycles. The first kappa shape index (κ1) is 11.0. The van der Waals surface area contributed by atoms with E-state index < -0.39 is 0 Å². The van der Waals surface area contributed by atoms with E-state index in [0.29, 0.717) is 12.0 Å². The van der Waals surface area contributed by atoms with Crippen LogP contribution in [0.15, 0.2) is 30.6 Å². The van der Waals surface area contributed by atoms with Gasteiger partial charge < -0.3 is 10.6 Å². The van der Waals surface area contributed by atoms with Crippen LogP contribution in [0.1, 0.15) is 18.4 Å². The summed E-state index contributed by atoms with van der Waals surface area (Å²) in [5, 5.41) is 6.49. The van der Waals surface area contributed by atoms with E-state index in [4.69, 9.17) is 0 Å². The van der Waals surface area contributed by atoms with Crippen LogP contribution in [0.3, 0.4) is 0 Å². The molecule has 1 fully saturated rings. The number of aromatic nitrogens is 3. The van der Waals surface area contributed by atoms with Gasteiger partial charge >= 0.3 is 0 Å². The normalized spacial score (nSPS) is 14.3. The van der Waals surface area contributed by atoms with Gasteiger partial charge in [0, 0.05) is 24.0 Å². The molecule has 92 valence electrons. The van der Waals surface area contributed by atoms with E-state index >= 15 is 0 Å². The maximum absolute atomic E-state index is 4.47. The Morgan fingerprint density at radius 3 is 2.83 bits per heavy atom. The highest BCUT2D eigenvalue weighted by atomic mass is 15.2. The number of pyridine rings is 1. The molecule has 0 bridgehead atoms. The lowest BCUT2D eigenvalue weighted by atomic mass is 10.3. The molecule has 3 rings (SSSR count). The van der Waals surface area contributed by atoms with E-state index in [0.717, 1.165) is 17.2 Å². The van der Waals surface area contributed by atoms with Gasteiger partial charge in [0.25, 0.3) is 0 Å². The molecule has 0 unspecified atom stereocenters. The molecule has 2 heterocycles. The summed E-state index contributed by atoms with van der Waals surface area (Å²) < 4.78 is 0. The molecule has 0 saturated heterocycles. The van der Waals surface area contributed by atoms with Gasteiger partial charge in [-0.05, 0) is 31.9 Å². The molecule has 0 atom stereocenters. The summed E-state index contributed by atoms with van der Waals surface area (Å²) in [5.41, 5.74) is 1.06. The van der Waals surface area contributed by atoms with Crippen LogP contribution in [0.2, 0.25) is 0 Å². The lowest BCUT2D eigenvalue weighted by Gasteiger charge is -2.09. The summed E-state index contributed by atoms with van der Waals surface area (Å²) in [6.45, 7) is 2.01. The first-order valence-electron chi connectivity index (χ1n) is 6.09. The molecule has 0 spiro atoms. The van der Waals surface area contributed by atoms with Crippen molar-refractivity contribution < 1.29 is 0 Å². The van der Waals surface area contributed by atoms with Gasteiger partial charge in [-0.25, -0.2) is 9.97 Å². The monoisotopic (exact) mass is 241 g/mol. The number of rotatable bonds is 4. The zero-order chi connectivity index (χ0) is 12.4. The van der Waals surface area contributed by atoms with E-state index in [1.165, 1.54) is 12.8 Å². The minimum Gasteiger partial charge on any atom is -0.367 e. The summed E-state index contributed by atoms with van der Waals surface area (Å²) >= 11 is 0. The van der Waals surface area contributed by atoms with Crippen LogP contribution in [-0.2, 0) is 0 Å². The zero-order valence-corrected chi connectivity index (χ0v) is 10.2. The number of nitrogens with zero attached hydrogens (tertiary/aromatic N) is 3. The molecule has 5 nitrogen and oxygen atoms in total. The van der Waals surface area contributed by atoms with Crippen molar-refractivity contribution in [2.75, 3.05) is 10.6 Å². The fourth-order valence-corrected chi connectivity index (χ4v) is 1.62. The molecule has 2 N–H and O–H groups in total. The predicted octanol–water partition coefficient (Wildman–Crippen LogP) is 2.50. The van der Waals surface area contributed by atoms with Crippen molar-refractivity contribution in [1.82, 2.24) is 15.0 Å². The standard InChI is InChI=1S/C13H15N5/c1-9-8-15-13(17-11-4-2-3-7-14-11)18-12(9)16-10-5-6-10/h2-4,7-8,10H,5-6H2,1H3,(H2,14,15,16,17,18). The predicted molar refractivity (Wildman–Crippen MR) is 70.9 cm³/mol. The molecule has 1 aliphatic carbocycles. The Morgan fingerprint density at radius 1 is 1.22 bits per heavy atom. The van der Waals surface area contributed by atoms with Crippen LogP contribution in [0.5, 0.6) is 0 Å². The Balaban J connectivity index is 1.79. The highest BCUT2D eigenvalue weighted by Crippen LogP contribution is 2.25. The molecule has 18 heavy (non-hydrogen) atoms. The molecule has 0 aromatic carbocycles. The second-order valence-corrected chi connectivity index (χ2v) is 4.48. The van der Waals surface area contributed by atoms with Crippen molar-refractivity contribution in [2.45, 2.75) is 25.8 Å². The molecular weight excluding hydrogens is 226 g/mol. The average Bonchev–Trinajstić information content (AvgIpc) is 3.19. The average molecular weight is 241 g/mol. The van der Waals surface area contributed by atoms with Crippen molar-refractivity contribution >= 4 is 17.6 Å². The molecule has 2 aromatic rings. The topological polar surface area (TPSA) is 62.7 Å². The van der Waals surface area contributed by atoms with Gasteiger partial charge in [-0.2, -0.15) is 4.98 Å². The second kappa shape index (κ2) is 4.60. The molecule has 5 heteroatoms. The minimum atomic E-state index is 0.572. The lowest BCUT2D eigenvalue weighted by Crippen LogP contribution is -2.08.